The van der Waals surface area contributed by atoms with Gasteiger partial charge in [-0.3, -0.25) is 14.4 Å². The van der Waals surface area contributed by atoms with Gasteiger partial charge in [-0.25, -0.2) is 0 Å². The van der Waals surface area contributed by atoms with Gasteiger partial charge in [-0.15, -0.1) is 0 Å². The van der Waals surface area contributed by atoms with Crippen LogP contribution >= 0.6 is 0 Å². The van der Waals surface area contributed by atoms with E-state index in [4.69, 9.17) is 14.6 Å². The average molecular weight is 409 g/mol. The highest BCUT2D eigenvalue weighted by atomic mass is 16.7. The molecule has 30 heavy (non-hydrogen) atoms. The number of likely N-dealkylation sites (tertiary alicyclic amines) is 1. The van der Waals surface area contributed by atoms with Crippen molar-refractivity contribution >= 4 is 23.4 Å². The second-order valence-corrected chi connectivity index (χ2v) is 6.97. The van der Waals surface area contributed by atoms with E-state index >= 15 is 0 Å². The van der Waals surface area contributed by atoms with E-state index in [2.05, 4.69) is 0 Å². The monoisotopic (exact) mass is 409 g/mol. The number of aliphatic carboxylic acids is 1. The summed E-state index contributed by atoms with van der Waals surface area (Å²) in [7, 11) is 0. The maximum atomic E-state index is 12.9. The second-order valence-electron chi connectivity index (χ2n) is 6.97. The molecule has 4 rings (SSSR count). The van der Waals surface area contributed by atoms with E-state index in [9.17, 15) is 19.5 Å². The van der Waals surface area contributed by atoms with Crippen molar-refractivity contribution < 1.29 is 34.1 Å². The van der Waals surface area contributed by atoms with Gasteiger partial charge in [0.15, 0.2) is 11.5 Å². The molecule has 2 heterocycles. The maximum Gasteiger partial charge on any atom is 0.303 e. The largest absolute Gasteiger partial charge is 0.507 e. The quantitative estimate of drug-likeness (QED) is 0.428. The first-order chi connectivity index (χ1) is 14.5. The fourth-order valence-corrected chi connectivity index (χ4v) is 3.69. The number of carbonyl (C=O) groups excluding carboxylic acids is 2. The molecular formula is C22H19NO7. The Labute approximate surface area is 171 Å². The first kappa shape index (κ1) is 19.5. The van der Waals surface area contributed by atoms with Gasteiger partial charge in [0.2, 0.25) is 6.79 Å². The molecule has 1 saturated heterocycles. The number of amides is 1. The van der Waals surface area contributed by atoms with E-state index in [-0.39, 0.29) is 37.5 Å². The number of fused-ring (bicyclic) bond motifs is 1. The Bertz CT molecular complexity index is 1040. The van der Waals surface area contributed by atoms with Gasteiger partial charge in [0.25, 0.3) is 11.7 Å². The van der Waals surface area contributed by atoms with E-state index < -0.39 is 23.7 Å². The molecule has 2 aliphatic heterocycles. The summed E-state index contributed by atoms with van der Waals surface area (Å²) < 4.78 is 10.7. The van der Waals surface area contributed by atoms with Crippen LogP contribution in [0, 0.1) is 0 Å². The van der Waals surface area contributed by atoms with Crippen molar-refractivity contribution in [2.24, 2.45) is 0 Å². The van der Waals surface area contributed by atoms with Gasteiger partial charge < -0.3 is 24.6 Å². The third-order valence-electron chi connectivity index (χ3n) is 5.09. The number of hydrogen-bond acceptors (Lipinski definition) is 6. The number of carboxylic acids is 1. The molecule has 2 aliphatic rings. The fraction of sp³-hybridized carbons (Fsp3) is 0.227. The summed E-state index contributed by atoms with van der Waals surface area (Å²) in [5.74, 6) is -1.84. The number of aliphatic hydroxyl groups excluding tert-OH is 1. The standard InChI is InChI=1S/C22H19NO7/c24-17(25)7-4-10-23-19(14-8-9-15-16(11-14)30-12-29-15)18(21(27)22(23)28)20(26)13-5-2-1-3-6-13/h1-3,5-6,8-9,11,19,26H,4,7,10,12H2,(H,24,25). The van der Waals surface area contributed by atoms with E-state index in [1.807, 2.05) is 0 Å². The molecule has 154 valence electrons. The van der Waals surface area contributed by atoms with Crippen LogP contribution in [0.4, 0.5) is 0 Å². The fourth-order valence-electron chi connectivity index (χ4n) is 3.69. The summed E-state index contributed by atoms with van der Waals surface area (Å²) >= 11 is 0. The number of aliphatic hydroxyl groups is 1. The summed E-state index contributed by atoms with van der Waals surface area (Å²) in [5.41, 5.74) is 0.929. The van der Waals surface area contributed by atoms with Gasteiger partial charge in [0, 0.05) is 18.5 Å². The van der Waals surface area contributed by atoms with Crippen LogP contribution in [0.1, 0.15) is 30.0 Å². The average Bonchev–Trinajstić information content (AvgIpc) is 3.31. The highest BCUT2D eigenvalue weighted by molar-refractivity contribution is 6.46. The number of ketones is 1. The minimum atomic E-state index is -0.990. The van der Waals surface area contributed by atoms with Crippen LogP contribution in [0.15, 0.2) is 54.1 Å². The molecule has 0 saturated carbocycles. The topological polar surface area (TPSA) is 113 Å². The number of ether oxygens (including phenoxy) is 2. The number of nitrogens with zero attached hydrogens (tertiary/aromatic N) is 1. The third-order valence-corrected chi connectivity index (χ3v) is 5.09. The molecule has 0 aromatic heterocycles. The van der Waals surface area contributed by atoms with E-state index in [1.165, 1.54) is 4.90 Å². The predicted molar refractivity (Wildman–Crippen MR) is 105 cm³/mol. The molecule has 1 atom stereocenters. The zero-order valence-electron chi connectivity index (χ0n) is 15.9. The van der Waals surface area contributed by atoms with Crippen LogP contribution in [0.3, 0.4) is 0 Å². The van der Waals surface area contributed by atoms with Crippen LogP contribution in [-0.4, -0.2) is 46.1 Å². The van der Waals surface area contributed by atoms with Gasteiger partial charge >= 0.3 is 5.97 Å². The summed E-state index contributed by atoms with van der Waals surface area (Å²) in [6.07, 6.45) is 0.0321. The van der Waals surface area contributed by atoms with E-state index in [0.29, 0.717) is 22.6 Å². The van der Waals surface area contributed by atoms with Crippen LogP contribution in [0.2, 0.25) is 0 Å². The first-order valence-corrected chi connectivity index (χ1v) is 9.42. The van der Waals surface area contributed by atoms with Crippen molar-refractivity contribution in [3.63, 3.8) is 0 Å². The minimum Gasteiger partial charge on any atom is -0.507 e. The van der Waals surface area contributed by atoms with Crippen molar-refractivity contribution in [2.45, 2.75) is 18.9 Å². The highest BCUT2D eigenvalue weighted by Gasteiger charge is 2.46. The molecule has 8 heteroatoms. The van der Waals surface area contributed by atoms with Gasteiger partial charge in [0.05, 0.1) is 11.6 Å². The summed E-state index contributed by atoms with van der Waals surface area (Å²) in [6.45, 7) is 0.128. The van der Waals surface area contributed by atoms with Crippen molar-refractivity contribution in [3.8, 4) is 11.5 Å². The molecule has 1 amide bonds. The number of hydrogen-bond donors (Lipinski definition) is 2. The molecule has 0 bridgehead atoms. The molecule has 0 aliphatic carbocycles. The van der Waals surface area contributed by atoms with Gasteiger partial charge in [0.1, 0.15) is 5.76 Å². The summed E-state index contributed by atoms with van der Waals surface area (Å²) in [5, 5.41) is 19.8. The number of Topliss-reactive ketones (excluding diaryl/α,β-unsaturated/α-hetero) is 1. The number of carbonyl (C=O) groups is 3. The molecule has 2 N–H and O–H groups in total. The Morgan fingerprint density at radius 2 is 1.77 bits per heavy atom. The van der Waals surface area contributed by atoms with Crippen LogP contribution in [0.5, 0.6) is 11.5 Å². The Kier molecular flexibility index (Phi) is 5.14. The molecule has 1 unspecified atom stereocenters. The minimum absolute atomic E-state index is 0.0413. The van der Waals surface area contributed by atoms with E-state index in [0.717, 1.165) is 0 Å². The van der Waals surface area contributed by atoms with Crippen LogP contribution in [0.25, 0.3) is 5.76 Å². The van der Waals surface area contributed by atoms with Gasteiger partial charge in [-0.1, -0.05) is 36.4 Å². The number of benzene rings is 2. The number of rotatable bonds is 6. The molecule has 2 aromatic rings. The lowest BCUT2D eigenvalue weighted by Gasteiger charge is -2.25. The molecule has 1 fully saturated rings. The lowest BCUT2D eigenvalue weighted by atomic mass is 9.95. The summed E-state index contributed by atoms with van der Waals surface area (Å²) in [4.78, 5) is 37.8. The molecule has 0 spiro atoms. The highest BCUT2D eigenvalue weighted by Crippen LogP contribution is 2.43. The predicted octanol–water partition coefficient (Wildman–Crippen LogP) is 2.70. The van der Waals surface area contributed by atoms with Gasteiger partial charge in [-0.05, 0) is 24.1 Å². The zero-order valence-corrected chi connectivity index (χ0v) is 15.9. The number of carboxylic acid groups (broad SMARTS) is 1. The SMILES string of the molecule is O=C(O)CCCN1C(=O)C(=O)C(=C(O)c2ccccc2)C1c1ccc2c(c1)OCO2. The Morgan fingerprint density at radius 3 is 2.50 bits per heavy atom. The van der Waals surface area contributed by atoms with Crippen molar-refractivity contribution in [1.29, 1.82) is 0 Å². The maximum absolute atomic E-state index is 12.9. The molecular weight excluding hydrogens is 390 g/mol. The molecule has 2 aromatic carbocycles. The Balaban J connectivity index is 1.80. The lowest BCUT2D eigenvalue weighted by Crippen LogP contribution is -2.31. The van der Waals surface area contributed by atoms with Crippen molar-refractivity contribution in [2.75, 3.05) is 13.3 Å². The van der Waals surface area contributed by atoms with Crippen LogP contribution < -0.4 is 9.47 Å². The zero-order chi connectivity index (χ0) is 21.3. The first-order valence-electron chi connectivity index (χ1n) is 9.42. The van der Waals surface area contributed by atoms with Crippen molar-refractivity contribution in [3.05, 3.63) is 65.2 Å². The molecule has 0 radical (unpaired) electrons. The Morgan fingerprint density at radius 1 is 1.03 bits per heavy atom. The third kappa shape index (κ3) is 3.47. The summed E-state index contributed by atoms with van der Waals surface area (Å²) in [6, 6.07) is 12.7. The lowest BCUT2D eigenvalue weighted by molar-refractivity contribution is -0.140. The smallest absolute Gasteiger partial charge is 0.303 e. The molecule has 8 nitrogen and oxygen atoms in total. The second kappa shape index (κ2) is 7.90. The Hall–Kier alpha value is -3.81. The van der Waals surface area contributed by atoms with Crippen molar-refractivity contribution in [1.82, 2.24) is 4.90 Å². The van der Waals surface area contributed by atoms with E-state index in [1.54, 1.807) is 48.5 Å². The van der Waals surface area contributed by atoms with Gasteiger partial charge in [-0.2, -0.15) is 0 Å². The normalized spacial score (nSPS) is 19.3. The van der Waals surface area contributed by atoms with Crippen LogP contribution in [-0.2, 0) is 14.4 Å².